The fourth-order valence-electron chi connectivity index (χ4n) is 3.26. The molecule has 0 spiro atoms. The molecule has 1 aliphatic rings. The first-order valence-electron chi connectivity index (χ1n) is 8.32. The van der Waals surface area contributed by atoms with Crippen LogP contribution in [0.25, 0.3) is 10.2 Å². The number of hydrogen-bond donors (Lipinski definition) is 0. The van der Waals surface area contributed by atoms with Crippen molar-refractivity contribution in [3.8, 4) is 0 Å². The van der Waals surface area contributed by atoms with Gasteiger partial charge < -0.3 is 14.4 Å². The molecule has 1 aliphatic heterocycles. The number of thiazole rings is 1. The van der Waals surface area contributed by atoms with Gasteiger partial charge in [0.2, 0.25) is 0 Å². The van der Waals surface area contributed by atoms with Gasteiger partial charge in [0.1, 0.15) is 11.2 Å². The van der Waals surface area contributed by atoms with Crippen molar-refractivity contribution in [3.63, 3.8) is 0 Å². The predicted molar refractivity (Wildman–Crippen MR) is 98.0 cm³/mol. The molecule has 0 bridgehead atoms. The van der Waals surface area contributed by atoms with E-state index >= 15 is 0 Å². The van der Waals surface area contributed by atoms with Crippen molar-refractivity contribution in [1.29, 1.82) is 0 Å². The average Bonchev–Trinajstić information content (AvgIpc) is 3.26. The standard InChI is InChI=1S/C17H20N6OS/c1-21-11-19-10-14(21)16(24)22(2)12-4-7-23(8-5-12)17-20-13-9-18-6-3-15(13)25-17/h3,6,9-12H,4-5,7-8H2,1-2H3. The molecule has 1 saturated heterocycles. The molecule has 0 atom stereocenters. The number of fused-ring (bicyclic) bond motifs is 1. The van der Waals surface area contributed by atoms with Gasteiger partial charge in [-0.1, -0.05) is 11.3 Å². The van der Waals surface area contributed by atoms with Crippen LogP contribution in [-0.2, 0) is 7.05 Å². The van der Waals surface area contributed by atoms with Crippen molar-refractivity contribution >= 4 is 32.6 Å². The molecular formula is C17H20N6OS. The maximum Gasteiger partial charge on any atom is 0.272 e. The normalized spacial score (nSPS) is 15.7. The molecule has 0 saturated carbocycles. The van der Waals surface area contributed by atoms with Crippen molar-refractivity contribution in [2.24, 2.45) is 7.05 Å². The number of rotatable bonds is 3. The topological polar surface area (TPSA) is 67.2 Å². The Labute approximate surface area is 149 Å². The Morgan fingerprint density at radius 2 is 2.08 bits per heavy atom. The number of nitrogens with zero attached hydrogens (tertiary/aromatic N) is 6. The summed E-state index contributed by atoms with van der Waals surface area (Å²) >= 11 is 1.70. The Morgan fingerprint density at radius 1 is 1.28 bits per heavy atom. The van der Waals surface area contributed by atoms with E-state index in [0.29, 0.717) is 5.69 Å². The molecule has 0 aromatic carbocycles. The SMILES string of the molecule is CN(C(=O)c1cncn1C)C1CCN(c2nc3cnccc3s2)CC1. The monoisotopic (exact) mass is 356 g/mol. The molecule has 130 valence electrons. The van der Waals surface area contributed by atoms with Crippen LogP contribution in [-0.4, -0.2) is 56.5 Å². The summed E-state index contributed by atoms with van der Waals surface area (Å²) in [6.07, 6.45) is 8.77. The number of piperidine rings is 1. The van der Waals surface area contributed by atoms with Crippen LogP contribution in [0.3, 0.4) is 0 Å². The zero-order chi connectivity index (χ0) is 17.4. The third kappa shape index (κ3) is 2.97. The first-order chi connectivity index (χ1) is 12.1. The van der Waals surface area contributed by atoms with Gasteiger partial charge in [-0.3, -0.25) is 9.78 Å². The Kier molecular flexibility index (Phi) is 4.12. The molecule has 1 amide bonds. The summed E-state index contributed by atoms with van der Waals surface area (Å²) in [5.74, 6) is 0.0320. The van der Waals surface area contributed by atoms with Crippen molar-refractivity contribution in [2.45, 2.75) is 18.9 Å². The first kappa shape index (κ1) is 16.0. The van der Waals surface area contributed by atoms with E-state index in [1.807, 2.05) is 31.3 Å². The number of hydrogen-bond acceptors (Lipinski definition) is 6. The van der Waals surface area contributed by atoms with Crippen LogP contribution in [0.2, 0.25) is 0 Å². The minimum absolute atomic E-state index is 0.0320. The van der Waals surface area contributed by atoms with Crippen molar-refractivity contribution in [2.75, 3.05) is 25.0 Å². The minimum Gasteiger partial charge on any atom is -0.348 e. The number of imidazole rings is 1. The molecule has 0 N–H and O–H groups in total. The number of aromatic nitrogens is 4. The summed E-state index contributed by atoms with van der Waals surface area (Å²) < 4.78 is 2.93. The fourth-order valence-corrected chi connectivity index (χ4v) is 4.24. The van der Waals surface area contributed by atoms with Gasteiger partial charge in [0.05, 0.1) is 23.4 Å². The van der Waals surface area contributed by atoms with Gasteiger partial charge in [-0.15, -0.1) is 0 Å². The van der Waals surface area contributed by atoms with E-state index in [1.165, 1.54) is 0 Å². The van der Waals surface area contributed by atoms with Gasteiger partial charge in [0, 0.05) is 39.4 Å². The van der Waals surface area contributed by atoms with E-state index < -0.39 is 0 Å². The highest BCUT2D eigenvalue weighted by Crippen LogP contribution is 2.30. The van der Waals surface area contributed by atoms with Crippen molar-refractivity contribution in [3.05, 3.63) is 36.7 Å². The number of amides is 1. The van der Waals surface area contributed by atoms with Crippen LogP contribution in [0.4, 0.5) is 5.13 Å². The quantitative estimate of drug-likeness (QED) is 0.719. The second kappa shape index (κ2) is 6.44. The Morgan fingerprint density at radius 3 is 2.76 bits per heavy atom. The number of pyridine rings is 1. The molecule has 1 fully saturated rings. The third-order valence-corrected chi connectivity index (χ3v) is 5.91. The van der Waals surface area contributed by atoms with E-state index in [4.69, 9.17) is 0 Å². The van der Waals surface area contributed by atoms with E-state index in [0.717, 1.165) is 41.3 Å². The second-order valence-corrected chi connectivity index (χ2v) is 7.37. The van der Waals surface area contributed by atoms with Crippen LogP contribution in [0, 0.1) is 0 Å². The number of anilines is 1. The van der Waals surface area contributed by atoms with Crippen LogP contribution in [0.15, 0.2) is 31.0 Å². The highest BCUT2D eigenvalue weighted by atomic mass is 32.1. The number of carbonyl (C=O) groups excluding carboxylic acids is 1. The van der Waals surface area contributed by atoms with Crippen molar-refractivity contribution in [1.82, 2.24) is 24.4 Å². The lowest BCUT2D eigenvalue weighted by molar-refractivity contribution is 0.0699. The third-order valence-electron chi connectivity index (χ3n) is 4.82. The Hall–Kier alpha value is -2.48. The summed E-state index contributed by atoms with van der Waals surface area (Å²) in [6, 6.07) is 2.25. The zero-order valence-electron chi connectivity index (χ0n) is 14.3. The van der Waals surface area contributed by atoms with E-state index in [2.05, 4.69) is 19.9 Å². The van der Waals surface area contributed by atoms with Gasteiger partial charge in [0.15, 0.2) is 5.13 Å². The highest BCUT2D eigenvalue weighted by molar-refractivity contribution is 7.22. The fraction of sp³-hybridized carbons (Fsp3) is 0.412. The molecule has 7 nitrogen and oxygen atoms in total. The molecule has 0 aliphatic carbocycles. The van der Waals surface area contributed by atoms with E-state index in [-0.39, 0.29) is 11.9 Å². The summed E-state index contributed by atoms with van der Waals surface area (Å²) in [6.45, 7) is 1.81. The molecule has 3 aromatic rings. The first-order valence-corrected chi connectivity index (χ1v) is 9.14. The summed E-state index contributed by atoms with van der Waals surface area (Å²) in [5.41, 5.74) is 1.58. The lowest BCUT2D eigenvalue weighted by Gasteiger charge is -2.36. The maximum absolute atomic E-state index is 12.6. The van der Waals surface area contributed by atoms with Crippen molar-refractivity contribution < 1.29 is 4.79 Å². The van der Waals surface area contributed by atoms with Crippen LogP contribution >= 0.6 is 11.3 Å². The van der Waals surface area contributed by atoms with E-state index in [1.54, 1.807) is 34.6 Å². The van der Waals surface area contributed by atoms with Gasteiger partial charge in [-0.05, 0) is 18.9 Å². The molecule has 8 heteroatoms. The van der Waals surface area contributed by atoms with Gasteiger partial charge in [0.25, 0.3) is 5.91 Å². The molecule has 4 rings (SSSR count). The van der Waals surface area contributed by atoms with Gasteiger partial charge in [-0.2, -0.15) is 0 Å². The lowest BCUT2D eigenvalue weighted by atomic mass is 10.0. The van der Waals surface area contributed by atoms with Gasteiger partial charge in [-0.25, -0.2) is 9.97 Å². The smallest absolute Gasteiger partial charge is 0.272 e. The molecule has 4 heterocycles. The minimum atomic E-state index is 0.0320. The Balaban J connectivity index is 1.42. The van der Waals surface area contributed by atoms with Crippen LogP contribution in [0.1, 0.15) is 23.3 Å². The molecular weight excluding hydrogens is 336 g/mol. The molecule has 0 radical (unpaired) electrons. The average molecular weight is 356 g/mol. The van der Waals surface area contributed by atoms with Crippen LogP contribution < -0.4 is 4.90 Å². The molecule has 25 heavy (non-hydrogen) atoms. The predicted octanol–water partition coefficient (Wildman–Crippen LogP) is 2.17. The lowest BCUT2D eigenvalue weighted by Crippen LogP contribution is -2.46. The summed E-state index contributed by atoms with van der Waals surface area (Å²) in [5, 5.41) is 1.04. The number of carbonyl (C=O) groups is 1. The second-order valence-electron chi connectivity index (χ2n) is 6.36. The largest absolute Gasteiger partial charge is 0.348 e. The van der Waals surface area contributed by atoms with E-state index in [9.17, 15) is 4.79 Å². The highest BCUT2D eigenvalue weighted by Gasteiger charge is 2.28. The summed E-state index contributed by atoms with van der Waals surface area (Å²) in [4.78, 5) is 29.6. The molecule has 3 aromatic heterocycles. The zero-order valence-corrected chi connectivity index (χ0v) is 15.1. The molecule has 0 unspecified atom stereocenters. The van der Waals surface area contributed by atoms with Crippen LogP contribution in [0.5, 0.6) is 0 Å². The summed E-state index contributed by atoms with van der Waals surface area (Å²) in [7, 11) is 3.73. The number of aryl methyl sites for hydroxylation is 1. The maximum atomic E-state index is 12.6. The van der Waals surface area contributed by atoms with Gasteiger partial charge >= 0.3 is 0 Å². The Bertz CT molecular complexity index is 862.